The SMILES string of the molecule is COCCNCC1=NC(c2ccc(F)cc2)(c2ccc(F)cc2)C(=O)N1CCCN1CCC(c2ccc(C(F)(F)F)cc2)CC1. The van der Waals surface area contributed by atoms with Crippen LogP contribution >= 0.6 is 0 Å². The number of amidine groups is 1. The van der Waals surface area contributed by atoms with E-state index in [-0.39, 0.29) is 11.8 Å². The predicted octanol–water partition coefficient (Wildman–Crippen LogP) is 5.97. The normalized spacial score (nSPS) is 17.6. The van der Waals surface area contributed by atoms with E-state index in [0.717, 1.165) is 50.2 Å². The Bertz CT molecular complexity index is 1410. The van der Waals surface area contributed by atoms with Gasteiger partial charge in [-0.1, -0.05) is 36.4 Å². The van der Waals surface area contributed by atoms with Gasteiger partial charge in [0.25, 0.3) is 5.91 Å². The van der Waals surface area contributed by atoms with E-state index >= 15 is 0 Å². The molecule has 1 fully saturated rings. The van der Waals surface area contributed by atoms with Gasteiger partial charge in [0.2, 0.25) is 0 Å². The summed E-state index contributed by atoms with van der Waals surface area (Å²) in [7, 11) is 1.60. The Morgan fingerprint density at radius 2 is 1.47 bits per heavy atom. The number of nitrogens with one attached hydrogen (secondary N) is 1. The number of rotatable bonds is 12. The third-order valence-corrected chi connectivity index (χ3v) is 8.61. The molecule has 11 heteroatoms. The van der Waals surface area contributed by atoms with E-state index in [9.17, 15) is 26.7 Å². The minimum absolute atomic E-state index is 0.202. The average Bonchev–Trinajstić information content (AvgIpc) is 3.31. The van der Waals surface area contributed by atoms with Crippen LogP contribution in [0.3, 0.4) is 0 Å². The number of amides is 1. The third-order valence-electron chi connectivity index (χ3n) is 8.61. The molecule has 2 aliphatic heterocycles. The topological polar surface area (TPSA) is 57.2 Å². The van der Waals surface area contributed by atoms with Crippen LogP contribution in [0.4, 0.5) is 22.0 Å². The smallest absolute Gasteiger partial charge is 0.383 e. The van der Waals surface area contributed by atoms with Gasteiger partial charge in [0.05, 0.1) is 18.7 Å². The van der Waals surface area contributed by atoms with Crippen molar-refractivity contribution in [3.05, 3.63) is 107 Å². The van der Waals surface area contributed by atoms with Crippen molar-refractivity contribution in [2.75, 3.05) is 53.0 Å². The molecule has 0 atom stereocenters. The number of aliphatic imine (C=N–C) groups is 1. The van der Waals surface area contributed by atoms with E-state index in [1.165, 1.54) is 24.3 Å². The van der Waals surface area contributed by atoms with Gasteiger partial charge in [-0.15, -0.1) is 0 Å². The Hall–Kier alpha value is -3.67. The number of benzene rings is 3. The Morgan fingerprint density at radius 3 is 2.00 bits per heavy atom. The van der Waals surface area contributed by atoms with Gasteiger partial charge in [-0.2, -0.15) is 13.2 Å². The van der Waals surface area contributed by atoms with E-state index in [2.05, 4.69) is 10.2 Å². The maximum Gasteiger partial charge on any atom is 0.416 e. The highest BCUT2D eigenvalue weighted by atomic mass is 19.4. The molecule has 1 N–H and O–H groups in total. The lowest BCUT2D eigenvalue weighted by Crippen LogP contribution is -2.45. The van der Waals surface area contributed by atoms with E-state index in [1.54, 1.807) is 48.4 Å². The molecule has 240 valence electrons. The third kappa shape index (κ3) is 7.43. The number of carbonyl (C=O) groups is 1. The van der Waals surface area contributed by atoms with Crippen LogP contribution < -0.4 is 5.32 Å². The van der Waals surface area contributed by atoms with Crippen LogP contribution in [-0.4, -0.2) is 74.5 Å². The molecule has 3 aromatic carbocycles. The molecule has 0 bridgehead atoms. The number of hydrogen-bond acceptors (Lipinski definition) is 5. The second-order valence-corrected chi connectivity index (χ2v) is 11.5. The minimum atomic E-state index is -4.35. The summed E-state index contributed by atoms with van der Waals surface area (Å²) >= 11 is 0. The number of hydrogen-bond donors (Lipinski definition) is 1. The van der Waals surface area contributed by atoms with Crippen LogP contribution in [0.25, 0.3) is 0 Å². The average molecular weight is 629 g/mol. The van der Waals surface area contributed by atoms with Crippen molar-refractivity contribution in [3.8, 4) is 0 Å². The number of alkyl halides is 3. The largest absolute Gasteiger partial charge is 0.416 e. The predicted molar refractivity (Wildman–Crippen MR) is 162 cm³/mol. The first-order valence-corrected chi connectivity index (χ1v) is 15.1. The quantitative estimate of drug-likeness (QED) is 0.198. The summed E-state index contributed by atoms with van der Waals surface area (Å²) in [6.45, 7) is 4.05. The van der Waals surface area contributed by atoms with Gasteiger partial charge in [-0.05, 0) is 97.9 Å². The summed E-state index contributed by atoms with van der Waals surface area (Å²) in [5.74, 6) is -0.436. The molecule has 0 radical (unpaired) electrons. The van der Waals surface area contributed by atoms with Crippen molar-refractivity contribution in [1.29, 1.82) is 0 Å². The van der Waals surface area contributed by atoms with E-state index in [1.807, 2.05) is 0 Å². The number of piperidine rings is 1. The fourth-order valence-corrected chi connectivity index (χ4v) is 6.17. The number of nitrogens with zero attached hydrogens (tertiary/aromatic N) is 3. The van der Waals surface area contributed by atoms with E-state index in [4.69, 9.17) is 9.73 Å². The Balaban J connectivity index is 1.28. The summed E-state index contributed by atoms with van der Waals surface area (Å²) in [4.78, 5) is 23.3. The molecule has 45 heavy (non-hydrogen) atoms. The van der Waals surface area contributed by atoms with Crippen LogP contribution in [-0.2, 0) is 21.2 Å². The van der Waals surface area contributed by atoms with E-state index < -0.39 is 28.9 Å². The number of carbonyl (C=O) groups excluding carboxylic acids is 1. The molecule has 0 spiro atoms. The van der Waals surface area contributed by atoms with Crippen molar-refractivity contribution < 1.29 is 31.5 Å². The zero-order valence-electron chi connectivity index (χ0n) is 25.1. The lowest BCUT2D eigenvalue weighted by Gasteiger charge is -2.33. The standard InChI is InChI=1S/C34H37F5N4O2/c1-45-22-17-40-23-31-41-33(26-7-11-29(35)12-8-26,27-9-13-30(36)14-10-27)32(44)43(31)19-2-18-42-20-15-25(16-21-42)24-3-5-28(6-4-24)34(37,38)39/h3-14,25,40H,2,15-23H2,1H3. The van der Waals surface area contributed by atoms with Crippen LogP contribution in [0.5, 0.6) is 0 Å². The molecule has 0 aliphatic carbocycles. The molecule has 3 aromatic rings. The zero-order valence-corrected chi connectivity index (χ0v) is 25.1. The van der Waals surface area contributed by atoms with Crippen molar-refractivity contribution in [2.24, 2.45) is 4.99 Å². The number of likely N-dealkylation sites (tertiary alicyclic amines) is 1. The number of methoxy groups -OCH3 is 1. The fraction of sp³-hybridized carbons (Fsp3) is 0.412. The molecule has 2 aliphatic rings. The first-order valence-electron chi connectivity index (χ1n) is 15.1. The summed E-state index contributed by atoms with van der Waals surface area (Å²) in [5.41, 5.74) is -0.227. The highest BCUT2D eigenvalue weighted by molar-refractivity contribution is 6.11. The second kappa shape index (κ2) is 14.2. The molecular formula is C34H37F5N4O2. The van der Waals surface area contributed by atoms with Gasteiger partial charge in [-0.25, -0.2) is 13.8 Å². The zero-order chi connectivity index (χ0) is 32.0. The fourth-order valence-electron chi connectivity index (χ4n) is 6.17. The summed E-state index contributed by atoms with van der Waals surface area (Å²) < 4.78 is 71.8. The molecule has 5 rings (SSSR count). The minimum Gasteiger partial charge on any atom is -0.383 e. The number of halogens is 5. The van der Waals surface area contributed by atoms with Crippen molar-refractivity contribution in [3.63, 3.8) is 0 Å². The molecule has 1 amide bonds. The van der Waals surface area contributed by atoms with Crippen molar-refractivity contribution >= 4 is 11.7 Å². The van der Waals surface area contributed by atoms with Crippen molar-refractivity contribution in [1.82, 2.24) is 15.1 Å². The lowest BCUT2D eigenvalue weighted by atomic mass is 9.82. The Labute approximate surface area is 259 Å². The van der Waals surface area contributed by atoms with Crippen LogP contribution in [0.2, 0.25) is 0 Å². The molecular weight excluding hydrogens is 591 g/mol. The molecule has 2 heterocycles. The molecule has 0 saturated carbocycles. The van der Waals surface area contributed by atoms with Crippen molar-refractivity contribution in [2.45, 2.75) is 36.9 Å². The van der Waals surface area contributed by atoms with Gasteiger partial charge in [0, 0.05) is 20.2 Å². The number of ether oxygens (including phenoxy) is 1. The van der Waals surface area contributed by atoms with Gasteiger partial charge >= 0.3 is 6.18 Å². The maximum atomic E-state index is 14.4. The van der Waals surface area contributed by atoms with Crippen LogP contribution in [0.15, 0.2) is 77.8 Å². The molecule has 6 nitrogen and oxygen atoms in total. The molecule has 0 aromatic heterocycles. The molecule has 1 saturated heterocycles. The lowest BCUT2D eigenvalue weighted by molar-refractivity contribution is -0.137. The Morgan fingerprint density at radius 1 is 0.889 bits per heavy atom. The van der Waals surface area contributed by atoms with E-state index in [0.29, 0.717) is 49.6 Å². The summed E-state index contributed by atoms with van der Waals surface area (Å²) in [6, 6.07) is 16.8. The first kappa shape index (κ1) is 32.7. The van der Waals surface area contributed by atoms with Gasteiger partial charge in [0.1, 0.15) is 17.5 Å². The maximum absolute atomic E-state index is 14.4. The van der Waals surface area contributed by atoms with Crippen LogP contribution in [0, 0.1) is 11.6 Å². The summed E-state index contributed by atoms with van der Waals surface area (Å²) in [5, 5.41) is 3.27. The monoisotopic (exact) mass is 628 g/mol. The highest BCUT2D eigenvalue weighted by Gasteiger charge is 2.50. The highest BCUT2D eigenvalue weighted by Crippen LogP contribution is 2.40. The summed E-state index contributed by atoms with van der Waals surface area (Å²) in [6.07, 6.45) is -2.01. The molecule has 0 unspecified atom stereocenters. The Kier molecular flexibility index (Phi) is 10.3. The van der Waals surface area contributed by atoms with Gasteiger partial charge < -0.3 is 15.0 Å². The van der Waals surface area contributed by atoms with Gasteiger partial charge in [-0.3, -0.25) is 9.69 Å². The van der Waals surface area contributed by atoms with Crippen LogP contribution in [0.1, 0.15) is 47.4 Å². The first-order chi connectivity index (χ1) is 21.6. The van der Waals surface area contributed by atoms with Gasteiger partial charge in [0.15, 0.2) is 5.54 Å². The second-order valence-electron chi connectivity index (χ2n) is 11.5.